The summed E-state index contributed by atoms with van der Waals surface area (Å²) in [5, 5.41) is -0.443. The summed E-state index contributed by atoms with van der Waals surface area (Å²) in [5.74, 6) is 0. The third-order valence-corrected chi connectivity index (χ3v) is 3.34. The molecule has 0 amide bonds. The van der Waals surface area contributed by atoms with Gasteiger partial charge in [-0.1, -0.05) is 23.2 Å². The summed E-state index contributed by atoms with van der Waals surface area (Å²) >= 11 is 17.3. The topological polar surface area (TPSA) is 43.1 Å². The molecule has 0 bridgehead atoms. The number of hydrogen-bond donors (Lipinski definition) is 1. The van der Waals surface area contributed by atoms with Crippen LogP contribution in [0.25, 0.3) is 0 Å². The predicted octanol–water partition coefficient (Wildman–Crippen LogP) is 3.02. The lowest BCUT2D eigenvalue weighted by Crippen LogP contribution is -1.91. The van der Waals surface area contributed by atoms with Gasteiger partial charge in [0.1, 0.15) is 9.21 Å². The van der Waals surface area contributed by atoms with Crippen LogP contribution in [0.4, 0.5) is 5.69 Å². The molecule has 60 valence electrons. The summed E-state index contributed by atoms with van der Waals surface area (Å²) in [6, 6.07) is 0. The zero-order valence-electron chi connectivity index (χ0n) is 5.03. The molecule has 6 heteroatoms. The Kier molecular flexibility index (Phi) is 2.65. The van der Waals surface area contributed by atoms with Crippen molar-refractivity contribution in [2.24, 2.45) is 0 Å². The van der Waals surface area contributed by atoms with Gasteiger partial charge in [-0.2, -0.15) is 0 Å². The van der Waals surface area contributed by atoms with Gasteiger partial charge in [-0.3, -0.25) is 4.79 Å². The second-order valence-corrected chi connectivity index (χ2v) is 4.05. The van der Waals surface area contributed by atoms with E-state index in [9.17, 15) is 4.79 Å². The fourth-order valence-corrected chi connectivity index (χ4v) is 2.03. The number of thiophene rings is 1. The van der Waals surface area contributed by atoms with Gasteiger partial charge < -0.3 is 5.73 Å². The first-order valence-electron chi connectivity index (χ1n) is 2.47. The monoisotopic (exact) mass is 229 g/mol. The van der Waals surface area contributed by atoms with Crippen molar-refractivity contribution in [3.05, 3.63) is 14.2 Å². The highest BCUT2D eigenvalue weighted by molar-refractivity contribution is 7.20. The van der Waals surface area contributed by atoms with Crippen molar-refractivity contribution in [3.8, 4) is 0 Å². The van der Waals surface area contributed by atoms with Crippen LogP contribution < -0.4 is 5.73 Å². The summed E-state index contributed by atoms with van der Waals surface area (Å²) in [4.78, 5) is 10.8. The predicted molar refractivity (Wildman–Crippen MR) is 48.9 cm³/mol. The Balaban J connectivity index is 3.29. The Bertz CT molecular complexity index is 309. The number of carbonyl (C=O) groups is 1. The van der Waals surface area contributed by atoms with Crippen LogP contribution in [-0.2, 0) is 0 Å². The molecule has 1 aromatic heterocycles. The molecular weight excluding hydrogens is 228 g/mol. The van der Waals surface area contributed by atoms with Crippen LogP contribution in [0.3, 0.4) is 0 Å². The summed E-state index contributed by atoms with van der Waals surface area (Å²) in [6.07, 6.45) is 0. The summed E-state index contributed by atoms with van der Waals surface area (Å²) < 4.78 is 0.285. The molecule has 0 fully saturated rings. The lowest BCUT2D eigenvalue weighted by molar-refractivity contribution is 0.108. The van der Waals surface area contributed by atoms with Gasteiger partial charge in [0.25, 0.3) is 5.24 Å². The Morgan fingerprint density at radius 1 is 1.45 bits per heavy atom. The smallest absolute Gasteiger partial charge is 0.264 e. The second-order valence-electron chi connectivity index (χ2n) is 1.71. The van der Waals surface area contributed by atoms with E-state index in [1.54, 1.807) is 0 Å². The molecule has 0 aliphatic carbocycles. The van der Waals surface area contributed by atoms with Crippen molar-refractivity contribution in [3.63, 3.8) is 0 Å². The van der Waals surface area contributed by atoms with Gasteiger partial charge in [0, 0.05) is 0 Å². The average Bonchev–Trinajstić information content (AvgIpc) is 2.17. The highest BCUT2D eigenvalue weighted by atomic mass is 35.5. The Morgan fingerprint density at radius 2 is 2.00 bits per heavy atom. The maximum atomic E-state index is 10.6. The van der Waals surface area contributed by atoms with E-state index in [0.717, 1.165) is 11.3 Å². The zero-order chi connectivity index (χ0) is 8.59. The summed E-state index contributed by atoms with van der Waals surface area (Å²) in [6.45, 7) is 0. The molecule has 0 atom stereocenters. The molecule has 1 rings (SSSR count). The normalized spacial score (nSPS) is 10.1. The van der Waals surface area contributed by atoms with Crippen LogP contribution in [0.1, 0.15) is 9.67 Å². The van der Waals surface area contributed by atoms with Gasteiger partial charge in [0.15, 0.2) is 0 Å². The van der Waals surface area contributed by atoms with Crippen molar-refractivity contribution in [1.82, 2.24) is 0 Å². The van der Waals surface area contributed by atoms with E-state index in [0.29, 0.717) is 0 Å². The average molecular weight is 231 g/mol. The van der Waals surface area contributed by atoms with E-state index in [1.165, 1.54) is 0 Å². The zero-order valence-corrected chi connectivity index (χ0v) is 8.11. The first-order valence-corrected chi connectivity index (χ1v) is 4.42. The number of hydrogen-bond acceptors (Lipinski definition) is 3. The third kappa shape index (κ3) is 1.62. The maximum absolute atomic E-state index is 10.6. The minimum Gasteiger partial charge on any atom is -0.396 e. The van der Waals surface area contributed by atoms with Gasteiger partial charge in [-0.25, -0.2) is 0 Å². The van der Waals surface area contributed by atoms with E-state index < -0.39 is 5.24 Å². The van der Waals surface area contributed by atoms with E-state index >= 15 is 0 Å². The Morgan fingerprint density at radius 3 is 2.18 bits per heavy atom. The molecule has 0 aliphatic heterocycles. The number of halogens is 3. The molecule has 1 heterocycles. The molecule has 0 radical (unpaired) electrons. The molecule has 0 unspecified atom stereocenters. The second kappa shape index (κ2) is 3.19. The number of nitrogen functional groups attached to an aromatic ring is 1. The third-order valence-electron chi connectivity index (χ3n) is 1.02. The van der Waals surface area contributed by atoms with Crippen molar-refractivity contribution in [2.75, 3.05) is 5.73 Å². The van der Waals surface area contributed by atoms with E-state index in [4.69, 9.17) is 40.5 Å². The number of anilines is 1. The van der Waals surface area contributed by atoms with Crippen LogP contribution in [0.15, 0.2) is 0 Å². The first kappa shape index (κ1) is 9.13. The van der Waals surface area contributed by atoms with Crippen molar-refractivity contribution >= 4 is 57.1 Å². The van der Waals surface area contributed by atoms with Crippen LogP contribution in [0.5, 0.6) is 0 Å². The molecule has 2 N–H and O–H groups in total. The molecular formula is C5H2Cl3NOS. The molecule has 11 heavy (non-hydrogen) atoms. The lowest BCUT2D eigenvalue weighted by Gasteiger charge is -1.88. The van der Waals surface area contributed by atoms with Gasteiger partial charge in [0.05, 0.1) is 10.7 Å². The first-order chi connectivity index (χ1) is 5.04. The van der Waals surface area contributed by atoms with E-state index in [-0.39, 0.29) is 19.9 Å². The Labute approximate surface area is 81.8 Å². The van der Waals surface area contributed by atoms with Crippen LogP contribution >= 0.6 is 46.1 Å². The summed E-state index contributed by atoms with van der Waals surface area (Å²) in [7, 11) is 0. The van der Waals surface area contributed by atoms with Gasteiger partial charge in [-0.05, 0) is 11.6 Å². The molecule has 0 aliphatic rings. The largest absolute Gasteiger partial charge is 0.396 e. The Hall–Kier alpha value is 0.0400. The minimum absolute atomic E-state index is 0.154. The van der Waals surface area contributed by atoms with Crippen LogP contribution in [-0.4, -0.2) is 5.24 Å². The van der Waals surface area contributed by atoms with E-state index in [1.807, 2.05) is 0 Å². The fraction of sp³-hybridized carbons (Fsp3) is 0. The highest BCUT2D eigenvalue weighted by Gasteiger charge is 2.16. The van der Waals surface area contributed by atoms with Crippen LogP contribution in [0.2, 0.25) is 9.36 Å². The molecule has 0 aromatic carbocycles. The quantitative estimate of drug-likeness (QED) is 0.754. The van der Waals surface area contributed by atoms with Gasteiger partial charge in [-0.15, -0.1) is 11.3 Å². The van der Waals surface area contributed by atoms with Gasteiger partial charge in [0.2, 0.25) is 0 Å². The molecule has 0 saturated heterocycles. The van der Waals surface area contributed by atoms with Crippen molar-refractivity contribution in [2.45, 2.75) is 0 Å². The molecule has 0 saturated carbocycles. The maximum Gasteiger partial charge on any atom is 0.264 e. The molecule has 1 aromatic rings. The fourth-order valence-electron chi connectivity index (χ4n) is 0.541. The minimum atomic E-state index is -0.638. The van der Waals surface area contributed by atoms with Crippen molar-refractivity contribution in [1.29, 1.82) is 0 Å². The molecule has 0 spiro atoms. The highest BCUT2D eigenvalue weighted by Crippen LogP contribution is 2.39. The lowest BCUT2D eigenvalue weighted by atomic mass is 10.4. The standard InChI is InChI=1S/C5H2Cl3NOS/c6-1-2(9)3(4(7)10)11-5(1)8/h9H2. The number of nitrogens with two attached hydrogens (primary N) is 1. The number of rotatable bonds is 1. The molecule has 2 nitrogen and oxygen atoms in total. The van der Waals surface area contributed by atoms with Gasteiger partial charge >= 0.3 is 0 Å². The number of carbonyl (C=O) groups excluding carboxylic acids is 1. The van der Waals surface area contributed by atoms with Crippen LogP contribution in [0, 0.1) is 0 Å². The van der Waals surface area contributed by atoms with Crippen molar-refractivity contribution < 1.29 is 4.79 Å². The summed E-state index contributed by atoms with van der Waals surface area (Å²) in [5.41, 5.74) is 5.55. The SMILES string of the molecule is Nc1c(C(=O)Cl)sc(Cl)c1Cl. The van der Waals surface area contributed by atoms with E-state index in [2.05, 4.69) is 0 Å².